The molecule has 0 spiro atoms. The van der Waals surface area contributed by atoms with Crippen molar-refractivity contribution in [3.05, 3.63) is 47.3 Å². The monoisotopic (exact) mass is 131 g/mol. The van der Waals surface area contributed by atoms with Gasteiger partial charge in [-0.1, -0.05) is 30.3 Å². The van der Waals surface area contributed by atoms with Crippen molar-refractivity contribution in [2.45, 2.75) is 13.0 Å². The van der Waals surface area contributed by atoms with Crippen LogP contribution in [0.4, 0.5) is 0 Å². The highest BCUT2D eigenvalue weighted by Gasteiger charge is 2.04. The van der Waals surface area contributed by atoms with Gasteiger partial charge in [-0.25, -0.2) is 6.57 Å². The molecule has 1 nitrogen and oxygen atoms in total. The Hall–Kier alpha value is -1.29. The van der Waals surface area contributed by atoms with Crippen LogP contribution in [0.5, 0.6) is 0 Å². The summed E-state index contributed by atoms with van der Waals surface area (Å²) in [7, 11) is 0. The molecule has 0 saturated carbocycles. The van der Waals surface area contributed by atoms with Crippen LogP contribution in [0.15, 0.2) is 30.3 Å². The van der Waals surface area contributed by atoms with Crippen molar-refractivity contribution in [2.75, 3.05) is 0 Å². The fourth-order valence-corrected chi connectivity index (χ4v) is 0.806. The maximum Gasteiger partial charge on any atom is 0.245 e. The summed E-state index contributed by atoms with van der Waals surface area (Å²) in [6.07, 6.45) is 0. The summed E-state index contributed by atoms with van der Waals surface area (Å²) in [5.74, 6) is 0. The third kappa shape index (κ3) is 1.35. The van der Waals surface area contributed by atoms with E-state index in [9.17, 15) is 0 Å². The molecule has 0 fully saturated rings. The zero-order valence-corrected chi connectivity index (χ0v) is 5.91. The number of hydrogen-bond donors (Lipinski definition) is 0. The molecule has 50 valence electrons. The standard InChI is InChI=1S/C9H9N/c1-8(10-2)9-6-4-3-5-7-9/h3-8H,1H3/t8-/m1/s1. The van der Waals surface area contributed by atoms with Crippen LogP contribution in [0.25, 0.3) is 4.85 Å². The Bertz CT molecular complexity index is 233. The third-order valence-electron chi connectivity index (χ3n) is 1.48. The largest absolute Gasteiger partial charge is 0.309 e. The van der Waals surface area contributed by atoms with E-state index < -0.39 is 0 Å². The second-order valence-corrected chi connectivity index (χ2v) is 2.22. The van der Waals surface area contributed by atoms with Crippen LogP contribution in [-0.2, 0) is 0 Å². The van der Waals surface area contributed by atoms with Crippen molar-refractivity contribution in [1.82, 2.24) is 0 Å². The fourth-order valence-electron chi connectivity index (χ4n) is 0.806. The minimum atomic E-state index is 0.00111. The first-order valence-corrected chi connectivity index (χ1v) is 3.26. The van der Waals surface area contributed by atoms with Crippen molar-refractivity contribution in [3.63, 3.8) is 0 Å². The minimum Gasteiger partial charge on any atom is -0.309 e. The SMILES string of the molecule is [C-]#[N+][C@H](C)c1ccccc1. The first-order chi connectivity index (χ1) is 4.84. The van der Waals surface area contributed by atoms with E-state index in [1.807, 2.05) is 37.3 Å². The molecule has 10 heavy (non-hydrogen) atoms. The molecule has 0 bridgehead atoms. The molecular formula is C9H9N. The van der Waals surface area contributed by atoms with E-state index in [2.05, 4.69) is 4.85 Å². The average Bonchev–Trinajstić information content (AvgIpc) is 2.05. The number of nitrogens with zero attached hydrogens (tertiary/aromatic N) is 1. The predicted octanol–water partition coefficient (Wildman–Crippen LogP) is 2.67. The molecule has 0 radical (unpaired) electrons. The van der Waals surface area contributed by atoms with E-state index in [4.69, 9.17) is 6.57 Å². The highest BCUT2D eigenvalue weighted by atomic mass is 14.7. The molecule has 1 aromatic rings. The van der Waals surface area contributed by atoms with Gasteiger partial charge in [0.05, 0.1) is 0 Å². The maximum absolute atomic E-state index is 6.77. The lowest BCUT2D eigenvalue weighted by Crippen LogP contribution is -1.83. The average molecular weight is 131 g/mol. The third-order valence-corrected chi connectivity index (χ3v) is 1.48. The summed E-state index contributed by atoms with van der Waals surface area (Å²) in [4.78, 5) is 3.41. The summed E-state index contributed by atoms with van der Waals surface area (Å²) >= 11 is 0. The van der Waals surface area contributed by atoms with Crippen LogP contribution in [0.1, 0.15) is 18.5 Å². The Labute approximate surface area is 61.1 Å². The number of rotatable bonds is 1. The first kappa shape index (κ1) is 6.82. The summed E-state index contributed by atoms with van der Waals surface area (Å²) < 4.78 is 0. The van der Waals surface area contributed by atoms with Gasteiger partial charge in [0.1, 0.15) is 0 Å². The summed E-state index contributed by atoms with van der Waals surface area (Å²) in [5.41, 5.74) is 1.09. The van der Waals surface area contributed by atoms with Gasteiger partial charge in [0.2, 0.25) is 6.04 Å². The quantitative estimate of drug-likeness (QED) is 0.516. The molecule has 1 rings (SSSR count). The van der Waals surface area contributed by atoms with Crippen molar-refractivity contribution in [3.8, 4) is 0 Å². The fraction of sp³-hybridized carbons (Fsp3) is 0.222. The maximum atomic E-state index is 6.77. The molecular weight excluding hydrogens is 122 g/mol. The van der Waals surface area contributed by atoms with Crippen molar-refractivity contribution in [2.24, 2.45) is 0 Å². The minimum absolute atomic E-state index is 0.00111. The lowest BCUT2D eigenvalue weighted by molar-refractivity contribution is 0.962. The van der Waals surface area contributed by atoms with Crippen molar-refractivity contribution >= 4 is 0 Å². The molecule has 1 atom stereocenters. The van der Waals surface area contributed by atoms with Gasteiger partial charge in [0, 0.05) is 12.5 Å². The molecule has 1 aromatic carbocycles. The van der Waals surface area contributed by atoms with Crippen molar-refractivity contribution < 1.29 is 0 Å². The molecule has 0 aliphatic heterocycles. The van der Waals surface area contributed by atoms with Crippen LogP contribution in [0.2, 0.25) is 0 Å². The molecule has 0 amide bonds. The molecule has 0 unspecified atom stereocenters. The van der Waals surface area contributed by atoms with Crippen LogP contribution >= 0.6 is 0 Å². The number of benzene rings is 1. The summed E-state index contributed by atoms with van der Waals surface area (Å²) in [5, 5.41) is 0. The van der Waals surface area contributed by atoms with E-state index in [0.717, 1.165) is 5.56 Å². The van der Waals surface area contributed by atoms with Gasteiger partial charge in [-0.2, -0.15) is 0 Å². The van der Waals surface area contributed by atoms with Gasteiger partial charge in [-0.05, 0) is 0 Å². The smallest absolute Gasteiger partial charge is 0.245 e. The zero-order chi connectivity index (χ0) is 7.40. The molecule has 0 heterocycles. The highest BCUT2D eigenvalue weighted by molar-refractivity contribution is 5.20. The van der Waals surface area contributed by atoms with E-state index >= 15 is 0 Å². The van der Waals surface area contributed by atoms with Crippen LogP contribution in [-0.4, -0.2) is 0 Å². The van der Waals surface area contributed by atoms with Gasteiger partial charge in [0.15, 0.2) is 0 Å². The molecule has 0 aromatic heterocycles. The van der Waals surface area contributed by atoms with Gasteiger partial charge >= 0.3 is 0 Å². The predicted molar refractivity (Wildman–Crippen MR) is 41.5 cm³/mol. The van der Waals surface area contributed by atoms with Gasteiger partial charge in [-0.15, -0.1) is 0 Å². The Balaban J connectivity index is 2.88. The second-order valence-electron chi connectivity index (χ2n) is 2.22. The molecule has 1 heteroatoms. The van der Waals surface area contributed by atoms with Crippen LogP contribution in [0.3, 0.4) is 0 Å². The van der Waals surface area contributed by atoms with E-state index in [1.165, 1.54) is 0 Å². The van der Waals surface area contributed by atoms with Gasteiger partial charge in [0.25, 0.3) is 0 Å². The second kappa shape index (κ2) is 3.03. The normalized spacial score (nSPS) is 12.0. The Morgan fingerprint density at radius 2 is 1.90 bits per heavy atom. The number of hydrogen-bond acceptors (Lipinski definition) is 0. The van der Waals surface area contributed by atoms with E-state index in [1.54, 1.807) is 0 Å². The van der Waals surface area contributed by atoms with Gasteiger partial charge < -0.3 is 4.85 Å². The van der Waals surface area contributed by atoms with Crippen LogP contribution < -0.4 is 0 Å². The molecule has 0 saturated heterocycles. The Kier molecular flexibility index (Phi) is 2.07. The highest BCUT2D eigenvalue weighted by Crippen LogP contribution is 2.14. The summed E-state index contributed by atoms with van der Waals surface area (Å²) in [6, 6.07) is 9.82. The van der Waals surface area contributed by atoms with Crippen molar-refractivity contribution in [1.29, 1.82) is 0 Å². The summed E-state index contributed by atoms with van der Waals surface area (Å²) in [6.45, 7) is 8.68. The molecule has 0 aliphatic carbocycles. The van der Waals surface area contributed by atoms with Gasteiger partial charge in [-0.3, -0.25) is 0 Å². The molecule has 0 N–H and O–H groups in total. The Morgan fingerprint density at radius 1 is 1.30 bits per heavy atom. The first-order valence-electron chi connectivity index (χ1n) is 3.26. The lowest BCUT2D eigenvalue weighted by Gasteiger charge is -1.95. The van der Waals surface area contributed by atoms with E-state index in [-0.39, 0.29) is 6.04 Å². The molecule has 0 aliphatic rings. The Morgan fingerprint density at radius 3 is 2.40 bits per heavy atom. The van der Waals surface area contributed by atoms with Crippen LogP contribution in [0, 0.1) is 6.57 Å². The topological polar surface area (TPSA) is 4.36 Å². The lowest BCUT2D eigenvalue weighted by atomic mass is 10.1. The zero-order valence-electron chi connectivity index (χ0n) is 5.91. The van der Waals surface area contributed by atoms with E-state index in [0.29, 0.717) is 0 Å².